The zero-order valence-corrected chi connectivity index (χ0v) is 17.7. The van der Waals surface area contributed by atoms with Crippen molar-refractivity contribution in [1.29, 1.82) is 0 Å². The van der Waals surface area contributed by atoms with E-state index in [1.165, 1.54) is 16.2 Å². The van der Waals surface area contributed by atoms with Crippen molar-refractivity contribution in [3.8, 4) is 0 Å². The highest BCUT2D eigenvalue weighted by molar-refractivity contribution is 7.11. The summed E-state index contributed by atoms with van der Waals surface area (Å²) in [5.41, 5.74) is -0.835. The number of aryl methyl sites for hydroxylation is 1. The van der Waals surface area contributed by atoms with E-state index in [1.54, 1.807) is 18.4 Å². The van der Waals surface area contributed by atoms with Gasteiger partial charge in [-0.3, -0.25) is 4.79 Å². The summed E-state index contributed by atoms with van der Waals surface area (Å²) in [5.74, 6) is 0.759. The molecule has 1 N–H and O–H groups in total. The van der Waals surface area contributed by atoms with Crippen LogP contribution < -0.4 is 0 Å². The molecule has 4 atom stereocenters. The number of ether oxygens (including phenoxy) is 1. The van der Waals surface area contributed by atoms with Gasteiger partial charge >= 0.3 is 0 Å². The van der Waals surface area contributed by atoms with Crippen LogP contribution in [0.25, 0.3) is 0 Å². The highest BCUT2D eigenvalue weighted by Gasteiger charge is 2.65. The highest BCUT2D eigenvalue weighted by Crippen LogP contribution is 2.68. The molecule has 0 aliphatic heterocycles. The van der Waals surface area contributed by atoms with Crippen molar-refractivity contribution < 1.29 is 14.6 Å². The lowest BCUT2D eigenvalue weighted by Crippen LogP contribution is -2.64. The van der Waals surface area contributed by atoms with Gasteiger partial charge in [0.2, 0.25) is 5.91 Å². The van der Waals surface area contributed by atoms with Crippen molar-refractivity contribution in [3.05, 3.63) is 21.9 Å². The maximum Gasteiger partial charge on any atom is 0.229 e. The Hall–Kier alpha value is -0.910. The van der Waals surface area contributed by atoms with E-state index in [-0.39, 0.29) is 16.7 Å². The van der Waals surface area contributed by atoms with Gasteiger partial charge in [-0.1, -0.05) is 13.3 Å². The van der Waals surface area contributed by atoms with Crippen LogP contribution in [0.15, 0.2) is 12.1 Å². The van der Waals surface area contributed by atoms with Crippen LogP contribution in [0.2, 0.25) is 0 Å². The standard InChI is InChI=1S/C22H33NO3S/c1-4-20-9-17-10-21(13-20,15-22(25,11-17)14-20)19(24)23(7-8-26-3)12-18-6-5-16(2)27-18/h5-6,17,25H,4,7-15H2,1-3H3. The third-order valence-electron chi connectivity index (χ3n) is 7.35. The number of hydrogen-bond acceptors (Lipinski definition) is 4. The van der Waals surface area contributed by atoms with E-state index >= 15 is 0 Å². The largest absolute Gasteiger partial charge is 0.390 e. The molecular formula is C22H33NO3S. The Morgan fingerprint density at radius 3 is 2.74 bits per heavy atom. The van der Waals surface area contributed by atoms with E-state index in [0.717, 1.165) is 32.1 Å². The third kappa shape index (κ3) is 3.47. The van der Waals surface area contributed by atoms with Crippen LogP contribution >= 0.6 is 11.3 Å². The first-order valence-electron chi connectivity index (χ1n) is 10.4. The normalized spacial score (nSPS) is 37.0. The molecule has 150 valence electrons. The van der Waals surface area contributed by atoms with Crippen molar-refractivity contribution in [2.75, 3.05) is 20.3 Å². The van der Waals surface area contributed by atoms with Crippen molar-refractivity contribution in [2.45, 2.75) is 70.9 Å². The second-order valence-electron chi connectivity index (χ2n) is 9.60. The molecule has 1 heterocycles. The number of thiophene rings is 1. The fraction of sp³-hybridized carbons (Fsp3) is 0.773. The van der Waals surface area contributed by atoms with E-state index in [9.17, 15) is 9.90 Å². The molecule has 0 aromatic carbocycles. The Bertz CT molecular complexity index is 718. The van der Waals surface area contributed by atoms with Crippen LogP contribution in [0, 0.1) is 23.7 Å². The van der Waals surface area contributed by atoms with E-state index in [0.29, 0.717) is 32.0 Å². The van der Waals surface area contributed by atoms with Crippen molar-refractivity contribution in [2.24, 2.45) is 16.7 Å². The second-order valence-corrected chi connectivity index (χ2v) is 11.0. The summed E-state index contributed by atoms with van der Waals surface area (Å²) in [6.45, 7) is 6.18. The minimum atomic E-state index is -0.627. The van der Waals surface area contributed by atoms with Gasteiger partial charge < -0.3 is 14.7 Å². The average molecular weight is 392 g/mol. The zero-order valence-electron chi connectivity index (χ0n) is 16.9. The minimum Gasteiger partial charge on any atom is -0.390 e. The molecule has 4 aliphatic rings. The summed E-state index contributed by atoms with van der Waals surface area (Å²) < 4.78 is 5.31. The first kappa shape index (κ1) is 19.4. The van der Waals surface area contributed by atoms with Crippen molar-refractivity contribution >= 4 is 17.2 Å². The van der Waals surface area contributed by atoms with Crippen LogP contribution in [0.3, 0.4) is 0 Å². The summed E-state index contributed by atoms with van der Waals surface area (Å²) in [6, 6.07) is 4.26. The van der Waals surface area contributed by atoms with Gasteiger partial charge in [-0.25, -0.2) is 0 Å². The number of hydrogen-bond donors (Lipinski definition) is 1. The molecule has 5 heteroatoms. The Balaban J connectivity index is 1.61. The average Bonchev–Trinajstić information content (AvgIpc) is 3.01. The quantitative estimate of drug-likeness (QED) is 0.760. The van der Waals surface area contributed by atoms with Gasteiger partial charge in [0.05, 0.1) is 24.2 Å². The van der Waals surface area contributed by atoms with Crippen molar-refractivity contribution in [3.63, 3.8) is 0 Å². The Kier molecular flexibility index (Phi) is 4.93. The van der Waals surface area contributed by atoms with Crippen LogP contribution in [0.1, 0.15) is 61.6 Å². The summed E-state index contributed by atoms with van der Waals surface area (Å²) >= 11 is 1.76. The van der Waals surface area contributed by atoms with E-state index in [4.69, 9.17) is 4.74 Å². The predicted molar refractivity (Wildman–Crippen MR) is 108 cm³/mol. The lowest BCUT2D eigenvalue weighted by molar-refractivity contribution is -0.210. The topological polar surface area (TPSA) is 49.8 Å². The maximum atomic E-state index is 13.9. The van der Waals surface area contributed by atoms with Crippen LogP contribution in [-0.2, 0) is 16.1 Å². The number of methoxy groups -OCH3 is 1. The Morgan fingerprint density at radius 2 is 2.11 bits per heavy atom. The molecule has 0 saturated heterocycles. The first-order chi connectivity index (χ1) is 12.8. The number of carbonyl (C=O) groups excluding carboxylic acids is 1. The van der Waals surface area contributed by atoms with Crippen LogP contribution in [0.4, 0.5) is 0 Å². The molecule has 4 saturated carbocycles. The first-order valence-corrected chi connectivity index (χ1v) is 11.2. The molecule has 0 radical (unpaired) electrons. The fourth-order valence-corrected chi connectivity index (χ4v) is 7.67. The maximum absolute atomic E-state index is 13.9. The number of nitrogens with zero attached hydrogens (tertiary/aromatic N) is 1. The molecule has 5 rings (SSSR count). The van der Waals surface area contributed by atoms with E-state index in [2.05, 4.69) is 26.0 Å². The Labute approximate surface area is 166 Å². The lowest BCUT2D eigenvalue weighted by Gasteiger charge is -2.64. The second kappa shape index (κ2) is 6.85. The van der Waals surface area contributed by atoms with Gasteiger partial charge in [-0.15, -0.1) is 11.3 Å². The van der Waals surface area contributed by atoms with Crippen LogP contribution in [-0.4, -0.2) is 41.8 Å². The third-order valence-corrected chi connectivity index (χ3v) is 8.34. The van der Waals surface area contributed by atoms with Crippen molar-refractivity contribution in [1.82, 2.24) is 4.90 Å². The minimum absolute atomic E-state index is 0.163. The molecule has 1 aromatic rings. The molecule has 4 bridgehead atoms. The molecule has 4 nitrogen and oxygen atoms in total. The number of amides is 1. The zero-order chi connectivity index (χ0) is 19.3. The monoisotopic (exact) mass is 391 g/mol. The molecule has 4 aliphatic carbocycles. The molecule has 0 spiro atoms. The molecular weight excluding hydrogens is 358 g/mol. The van der Waals surface area contributed by atoms with Gasteiger partial charge in [0.25, 0.3) is 0 Å². The van der Waals surface area contributed by atoms with Crippen LogP contribution in [0.5, 0.6) is 0 Å². The number of rotatable bonds is 7. The highest BCUT2D eigenvalue weighted by atomic mass is 32.1. The van der Waals surface area contributed by atoms with E-state index < -0.39 is 5.60 Å². The SMILES string of the molecule is CCC12CC3CC(O)(C1)CC(C(=O)N(CCOC)Cc1ccc(C)s1)(C3)C2. The van der Waals surface area contributed by atoms with Gasteiger partial charge in [0.15, 0.2) is 0 Å². The summed E-state index contributed by atoms with van der Waals surface area (Å²) in [4.78, 5) is 18.4. The van der Waals surface area contributed by atoms with Gasteiger partial charge in [0.1, 0.15) is 0 Å². The fourth-order valence-electron chi connectivity index (χ4n) is 6.77. The molecule has 4 unspecified atom stereocenters. The Morgan fingerprint density at radius 1 is 1.30 bits per heavy atom. The van der Waals surface area contributed by atoms with Gasteiger partial charge in [-0.05, 0) is 68.9 Å². The number of aliphatic hydroxyl groups is 1. The summed E-state index contributed by atoms with van der Waals surface area (Å²) in [5, 5.41) is 11.3. The lowest BCUT2D eigenvalue weighted by atomic mass is 9.42. The van der Waals surface area contributed by atoms with Gasteiger partial charge in [0, 0.05) is 23.4 Å². The molecule has 1 amide bonds. The van der Waals surface area contributed by atoms with E-state index in [1.807, 2.05) is 4.90 Å². The molecule has 4 fully saturated rings. The summed E-state index contributed by atoms with van der Waals surface area (Å²) in [6.07, 6.45) is 6.64. The van der Waals surface area contributed by atoms with Gasteiger partial charge in [-0.2, -0.15) is 0 Å². The predicted octanol–water partition coefficient (Wildman–Crippen LogP) is 4.14. The number of carbonyl (C=O) groups is 1. The smallest absolute Gasteiger partial charge is 0.229 e. The molecule has 27 heavy (non-hydrogen) atoms. The summed E-state index contributed by atoms with van der Waals surface area (Å²) in [7, 11) is 1.69. The molecule has 1 aromatic heterocycles.